The average Bonchev–Trinajstić information content (AvgIpc) is 2.54. The van der Waals surface area contributed by atoms with Gasteiger partial charge in [0.1, 0.15) is 12.5 Å². The summed E-state index contributed by atoms with van der Waals surface area (Å²) in [5.74, 6) is -1.54. The SMILES string of the molecule is CC(C)C(C(=O)OCc1ccccc1)C(=O)c1ccccc1. The maximum absolute atomic E-state index is 12.5. The number of carbonyl (C=O) groups is 2. The number of hydrogen-bond acceptors (Lipinski definition) is 3. The molecule has 0 heterocycles. The highest BCUT2D eigenvalue weighted by molar-refractivity contribution is 6.08. The molecule has 0 aliphatic carbocycles. The fourth-order valence-corrected chi connectivity index (χ4v) is 2.28. The molecule has 0 radical (unpaired) electrons. The van der Waals surface area contributed by atoms with E-state index >= 15 is 0 Å². The lowest BCUT2D eigenvalue weighted by Gasteiger charge is -2.18. The second-order valence-electron chi connectivity index (χ2n) is 5.55. The van der Waals surface area contributed by atoms with Crippen LogP contribution in [0.2, 0.25) is 0 Å². The molecule has 3 heteroatoms. The van der Waals surface area contributed by atoms with E-state index in [1.54, 1.807) is 24.3 Å². The lowest BCUT2D eigenvalue weighted by atomic mass is 9.88. The van der Waals surface area contributed by atoms with Crippen molar-refractivity contribution >= 4 is 11.8 Å². The molecule has 0 spiro atoms. The largest absolute Gasteiger partial charge is 0.460 e. The normalized spacial score (nSPS) is 12.0. The third-order valence-electron chi connectivity index (χ3n) is 3.49. The summed E-state index contributed by atoms with van der Waals surface area (Å²) < 4.78 is 5.33. The van der Waals surface area contributed by atoms with Crippen LogP contribution in [0.1, 0.15) is 29.8 Å². The summed E-state index contributed by atoms with van der Waals surface area (Å²) in [6, 6.07) is 18.3. The van der Waals surface area contributed by atoms with Crippen LogP contribution in [-0.2, 0) is 16.1 Å². The van der Waals surface area contributed by atoms with Gasteiger partial charge in [-0.05, 0) is 11.5 Å². The van der Waals surface area contributed by atoms with E-state index in [2.05, 4.69) is 0 Å². The molecule has 1 atom stereocenters. The van der Waals surface area contributed by atoms with Crippen molar-refractivity contribution in [2.24, 2.45) is 11.8 Å². The van der Waals surface area contributed by atoms with Crippen LogP contribution in [0.4, 0.5) is 0 Å². The molecule has 0 amide bonds. The van der Waals surface area contributed by atoms with Gasteiger partial charge in [-0.2, -0.15) is 0 Å². The topological polar surface area (TPSA) is 43.4 Å². The molecule has 2 rings (SSSR count). The summed E-state index contributed by atoms with van der Waals surface area (Å²) in [4.78, 5) is 24.9. The highest BCUT2D eigenvalue weighted by Crippen LogP contribution is 2.20. The Morgan fingerprint density at radius 3 is 2.00 bits per heavy atom. The monoisotopic (exact) mass is 296 g/mol. The fourth-order valence-electron chi connectivity index (χ4n) is 2.28. The zero-order valence-electron chi connectivity index (χ0n) is 12.9. The van der Waals surface area contributed by atoms with Gasteiger partial charge in [-0.25, -0.2) is 0 Å². The van der Waals surface area contributed by atoms with Crippen LogP contribution in [-0.4, -0.2) is 11.8 Å². The first kappa shape index (κ1) is 16.0. The van der Waals surface area contributed by atoms with Crippen molar-refractivity contribution in [2.45, 2.75) is 20.5 Å². The Labute approximate surface area is 130 Å². The fraction of sp³-hybridized carbons (Fsp3) is 0.263. The van der Waals surface area contributed by atoms with Gasteiger partial charge in [-0.3, -0.25) is 9.59 Å². The van der Waals surface area contributed by atoms with Crippen molar-refractivity contribution < 1.29 is 14.3 Å². The van der Waals surface area contributed by atoms with Gasteiger partial charge < -0.3 is 4.74 Å². The second-order valence-corrected chi connectivity index (χ2v) is 5.55. The molecule has 1 unspecified atom stereocenters. The van der Waals surface area contributed by atoms with Crippen LogP contribution in [0, 0.1) is 11.8 Å². The Morgan fingerprint density at radius 2 is 1.45 bits per heavy atom. The first-order valence-electron chi connectivity index (χ1n) is 7.39. The van der Waals surface area contributed by atoms with Crippen molar-refractivity contribution in [1.82, 2.24) is 0 Å². The highest BCUT2D eigenvalue weighted by Gasteiger charge is 2.31. The molecule has 3 nitrogen and oxygen atoms in total. The number of ketones is 1. The zero-order chi connectivity index (χ0) is 15.9. The molecule has 0 aromatic heterocycles. The number of Topliss-reactive ketones (excluding diaryl/α,β-unsaturated/α-hetero) is 1. The van der Waals surface area contributed by atoms with Crippen molar-refractivity contribution in [3.8, 4) is 0 Å². The first-order valence-corrected chi connectivity index (χ1v) is 7.39. The van der Waals surface area contributed by atoms with Crippen molar-refractivity contribution in [3.63, 3.8) is 0 Å². The summed E-state index contributed by atoms with van der Waals surface area (Å²) >= 11 is 0. The number of hydrogen-bond donors (Lipinski definition) is 0. The van der Waals surface area contributed by atoms with E-state index in [-0.39, 0.29) is 18.3 Å². The molecular weight excluding hydrogens is 276 g/mol. The summed E-state index contributed by atoms with van der Waals surface area (Å²) in [5.41, 5.74) is 1.45. The van der Waals surface area contributed by atoms with Gasteiger partial charge in [-0.1, -0.05) is 74.5 Å². The minimum absolute atomic E-state index is 0.115. The summed E-state index contributed by atoms with van der Waals surface area (Å²) in [7, 11) is 0. The quantitative estimate of drug-likeness (QED) is 0.461. The average molecular weight is 296 g/mol. The van der Waals surface area contributed by atoms with Crippen LogP contribution >= 0.6 is 0 Å². The second kappa shape index (κ2) is 7.55. The molecule has 2 aromatic carbocycles. The molecule has 2 aromatic rings. The smallest absolute Gasteiger partial charge is 0.317 e. The molecule has 0 bridgehead atoms. The third kappa shape index (κ3) is 4.04. The minimum Gasteiger partial charge on any atom is -0.460 e. The van der Waals surface area contributed by atoms with E-state index in [1.807, 2.05) is 50.2 Å². The molecule has 0 saturated heterocycles. The van der Waals surface area contributed by atoms with Gasteiger partial charge in [0.25, 0.3) is 0 Å². The molecule has 0 aliphatic heterocycles. The Hall–Kier alpha value is -2.42. The number of carbonyl (C=O) groups excluding carboxylic acids is 2. The maximum atomic E-state index is 12.5. The number of esters is 1. The van der Waals surface area contributed by atoms with E-state index in [4.69, 9.17) is 4.74 Å². The molecule has 0 N–H and O–H groups in total. The van der Waals surface area contributed by atoms with Gasteiger partial charge in [0.05, 0.1) is 0 Å². The third-order valence-corrected chi connectivity index (χ3v) is 3.49. The lowest BCUT2D eigenvalue weighted by molar-refractivity contribution is -0.149. The molecule has 0 saturated carbocycles. The van der Waals surface area contributed by atoms with Crippen molar-refractivity contribution in [2.75, 3.05) is 0 Å². The van der Waals surface area contributed by atoms with Gasteiger partial charge >= 0.3 is 5.97 Å². The Morgan fingerprint density at radius 1 is 0.909 bits per heavy atom. The van der Waals surface area contributed by atoms with E-state index in [0.717, 1.165) is 5.56 Å². The van der Waals surface area contributed by atoms with Crippen LogP contribution in [0.3, 0.4) is 0 Å². The van der Waals surface area contributed by atoms with Crippen LogP contribution < -0.4 is 0 Å². The minimum atomic E-state index is -0.772. The molecule has 0 aliphatic rings. The van der Waals surface area contributed by atoms with E-state index in [0.29, 0.717) is 5.56 Å². The van der Waals surface area contributed by atoms with Crippen LogP contribution in [0.5, 0.6) is 0 Å². The standard InChI is InChI=1S/C19H20O3/c1-14(2)17(18(20)16-11-7-4-8-12-16)19(21)22-13-15-9-5-3-6-10-15/h3-12,14,17H,13H2,1-2H3. The number of rotatable bonds is 6. The Bertz CT molecular complexity index is 618. The zero-order valence-corrected chi connectivity index (χ0v) is 12.9. The van der Waals surface area contributed by atoms with E-state index in [9.17, 15) is 9.59 Å². The predicted molar refractivity (Wildman–Crippen MR) is 85.3 cm³/mol. The molecule has 0 fully saturated rings. The van der Waals surface area contributed by atoms with Gasteiger partial charge in [0, 0.05) is 5.56 Å². The van der Waals surface area contributed by atoms with E-state index < -0.39 is 11.9 Å². The van der Waals surface area contributed by atoms with Gasteiger partial charge in [0.2, 0.25) is 0 Å². The lowest BCUT2D eigenvalue weighted by Crippen LogP contribution is -2.30. The number of ether oxygens (including phenoxy) is 1. The maximum Gasteiger partial charge on any atom is 0.317 e. The summed E-state index contributed by atoms with van der Waals surface area (Å²) in [6.07, 6.45) is 0. The van der Waals surface area contributed by atoms with E-state index in [1.165, 1.54) is 0 Å². The highest BCUT2D eigenvalue weighted by atomic mass is 16.5. The molecular formula is C19H20O3. The Balaban J connectivity index is 2.07. The molecule has 22 heavy (non-hydrogen) atoms. The van der Waals surface area contributed by atoms with Crippen LogP contribution in [0.25, 0.3) is 0 Å². The predicted octanol–water partition coefficient (Wildman–Crippen LogP) is 3.88. The van der Waals surface area contributed by atoms with Crippen molar-refractivity contribution in [1.29, 1.82) is 0 Å². The molecule has 114 valence electrons. The van der Waals surface area contributed by atoms with Crippen molar-refractivity contribution in [3.05, 3.63) is 71.8 Å². The van der Waals surface area contributed by atoms with Crippen LogP contribution in [0.15, 0.2) is 60.7 Å². The summed E-state index contributed by atoms with van der Waals surface area (Å²) in [6.45, 7) is 3.90. The van der Waals surface area contributed by atoms with Gasteiger partial charge in [0.15, 0.2) is 5.78 Å². The first-order chi connectivity index (χ1) is 10.6. The summed E-state index contributed by atoms with van der Waals surface area (Å²) in [5, 5.41) is 0. The van der Waals surface area contributed by atoms with Gasteiger partial charge in [-0.15, -0.1) is 0 Å². The Kier molecular flexibility index (Phi) is 5.48. The number of benzene rings is 2.